The molecule has 1 aliphatic heterocycles. The van der Waals surface area contributed by atoms with Crippen molar-refractivity contribution in [3.63, 3.8) is 0 Å². The Morgan fingerprint density at radius 2 is 1.82 bits per heavy atom. The molecule has 0 saturated carbocycles. The maximum absolute atomic E-state index is 12.7. The molecular formula is C21H21BrN2O4. The molecule has 7 heteroatoms. The fourth-order valence-electron chi connectivity index (χ4n) is 3.17. The molecule has 6 nitrogen and oxygen atoms in total. The lowest BCUT2D eigenvalue weighted by Gasteiger charge is -2.33. The summed E-state index contributed by atoms with van der Waals surface area (Å²) in [5.41, 5.74) is 0. The van der Waals surface area contributed by atoms with Crippen LogP contribution in [0.15, 0.2) is 68.1 Å². The Balaban J connectivity index is 1.29. The maximum Gasteiger partial charge on any atom is 0.289 e. The summed E-state index contributed by atoms with van der Waals surface area (Å²) in [6, 6.07) is 15.0. The zero-order valence-corrected chi connectivity index (χ0v) is 16.9. The molecule has 1 saturated heterocycles. The van der Waals surface area contributed by atoms with Crippen molar-refractivity contribution >= 4 is 21.8 Å². The summed E-state index contributed by atoms with van der Waals surface area (Å²) in [6.07, 6.45) is 1.68. The molecular weight excluding hydrogens is 424 g/mol. The number of benzene rings is 1. The standard InChI is InChI=1S/C21H21BrN2O4/c22-18-5-1-2-6-19(18)27-15-17-7-8-20(28-17)21(25)24-11-9-23(10-12-24)14-16-4-3-13-26-16/h1-8,13H,9-12,14-15H2. The van der Waals surface area contributed by atoms with Gasteiger partial charge in [0.05, 0.1) is 17.3 Å². The fraction of sp³-hybridized carbons (Fsp3) is 0.286. The van der Waals surface area contributed by atoms with Gasteiger partial charge in [-0.05, 0) is 52.3 Å². The van der Waals surface area contributed by atoms with Gasteiger partial charge in [0.15, 0.2) is 5.76 Å². The van der Waals surface area contributed by atoms with Crippen molar-refractivity contribution in [2.75, 3.05) is 26.2 Å². The second-order valence-electron chi connectivity index (χ2n) is 6.63. The molecule has 3 aromatic rings. The van der Waals surface area contributed by atoms with Crippen molar-refractivity contribution < 1.29 is 18.4 Å². The zero-order chi connectivity index (χ0) is 19.3. The molecule has 0 atom stereocenters. The summed E-state index contributed by atoms with van der Waals surface area (Å²) in [4.78, 5) is 16.8. The van der Waals surface area contributed by atoms with Gasteiger partial charge in [0.25, 0.3) is 5.91 Å². The second-order valence-corrected chi connectivity index (χ2v) is 7.49. The summed E-state index contributed by atoms with van der Waals surface area (Å²) in [7, 11) is 0. The van der Waals surface area contributed by atoms with Crippen LogP contribution < -0.4 is 4.74 Å². The van der Waals surface area contributed by atoms with Gasteiger partial charge in [0, 0.05) is 26.2 Å². The maximum atomic E-state index is 12.7. The number of para-hydroxylation sites is 1. The van der Waals surface area contributed by atoms with Crippen LogP contribution in [0.2, 0.25) is 0 Å². The molecule has 0 unspecified atom stereocenters. The highest BCUT2D eigenvalue weighted by Crippen LogP contribution is 2.25. The number of hydrogen-bond donors (Lipinski definition) is 0. The smallest absolute Gasteiger partial charge is 0.289 e. The topological polar surface area (TPSA) is 59.1 Å². The van der Waals surface area contributed by atoms with Crippen LogP contribution in [0.1, 0.15) is 22.1 Å². The van der Waals surface area contributed by atoms with E-state index in [1.165, 1.54) is 0 Å². The quantitative estimate of drug-likeness (QED) is 0.570. The first-order valence-corrected chi connectivity index (χ1v) is 9.98. The van der Waals surface area contributed by atoms with E-state index in [1.807, 2.05) is 41.3 Å². The summed E-state index contributed by atoms with van der Waals surface area (Å²) in [5.74, 6) is 2.57. The number of halogens is 1. The predicted molar refractivity (Wildman–Crippen MR) is 107 cm³/mol. The van der Waals surface area contributed by atoms with Crippen molar-refractivity contribution in [1.29, 1.82) is 0 Å². The van der Waals surface area contributed by atoms with Gasteiger partial charge in [0.2, 0.25) is 0 Å². The number of ether oxygens (including phenoxy) is 1. The average molecular weight is 445 g/mol. The Kier molecular flexibility index (Phi) is 5.83. The number of nitrogens with zero attached hydrogens (tertiary/aromatic N) is 2. The highest BCUT2D eigenvalue weighted by molar-refractivity contribution is 9.10. The number of hydrogen-bond acceptors (Lipinski definition) is 5. The first-order chi connectivity index (χ1) is 13.7. The molecule has 4 rings (SSSR count). The predicted octanol–water partition coefficient (Wildman–Crippen LogP) is 4.17. The number of carbonyl (C=O) groups excluding carboxylic acids is 1. The van der Waals surface area contributed by atoms with Crippen LogP contribution in [0.4, 0.5) is 0 Å². The summed E-state index contributed by atoms with van der Waals surface area (Å²) < 4.78 is 17.7. The van der Waals surface area contributed by atoms with Gasteiger partial charge in [-0.3, -0.25) is 9.69 Å². The minimum absolute atomic E-state index is 0.0789. The van der Waals surface area contributed by atoms with Crippen molar-refractivity contribution in [2.24, 2.45) is 0 Å². The molecule has 146 valence electrons. The Bertz CT molecular complexity index is 914. The third-order valence-electron chi connectivity index (χ3n) is 4.70. The van der Waals surface area contributed by atoms with Gasteiger partial charge in [-0.15, -0.1) is 0 Å². The summed E-state index contributed by atoms with van der Waals surface area (Å²) in [6.45, 7) is 4.00. The molecule has 1 aromatic carbocycles. The van der Waals surface area contributed by atoms with Crippen LogP contribution in [0.5, 0.6) is 5.75 Å². The highest BCUT2D eigenvalue weighted by atomic mass is 79.9. The van der Waals surface area contributed by atoms with E-state index in [0.717, 1.165) is 35.6 Å². The van der Waals surface area contributed by atoms with Gasteiger partial charge in [-0.1, -0.05) is 12.1 Å². The van der Waals surface area contributed by atoms with Crippen LogP contribution in [0.3, 0.4) is 0 Å². The largest absolute Gasteiger partial charge is 0.484 e. The van der Waals surface area contributed by atoms with Gasteiger partial charge >= 0.3 is 0 Å². The van der Waals surface area contributed by atoms with Gasteiger partial charge in [-0.2, -0.15) is 0 Å². The van der Waals surface area contributed by atoms with Crippen LogP contribution in [0.25, 0.3) is 0 Å². The molecule has 3 heterocycles. The molecule has 2 aromatic heterocycles. The third-order valence-corrected chi connectivity index (χ3v) is 5.35. The first kappa shape index (κ1) is 18.8. The second kappa shape index (κ2) is 8.67. The zero-order valence-electron chi connectivity index (χ0n) is 15.3. The molecule has 28 heavy (non-hydrogen) atoms. The number of amides is 1. The van der Waals surface area contributed by atoms with E-state index in [-0.39, 0.29) is 12.5 Å². The first-order valence-electron chi connectivity index (χ1n) is 9.19. The van der Waals surface area contributed by atoms with Crippen LogP contribution in [0, 0.1) is 0 Å². The van der Waals surface area contributed by atoms with Crippen molar-refractivity contribution in [3.05, 3.63) is 76.5 Å². The lowest BCUT2D eigenvalue weighted by atomic mass is 10.2. The number of rotatable bonds is 6. The number of piperazine rings is 1. The minimum atomic E-state index is -0.0789. The summed E-state index contributed by atoms with van der Waals surface area (Å²) in [5, 5.41) is 0. The van der Waals surface area contributed by atoms with E-state index in [9.17, 15) is 4.79 Å². The fourth-order valence-corrected chi connectivity index (χ4v) is 3.57. The number of furan rings is 2. The van der Waals surface area contributed by atoms with Crippen molar-refractivity contribution in [2.45, 2.75) is 13.2 Å². The lowest BCUT2D eigenvalue weighted by molar-refractivity contribution is 0.0586. The van der Waals surface area contributed by atoms with Gasteiger partial charge in [-0.25, -0.2) is 0 Å². The monoisotopic (exact) mass is 444 g/mol. The van der Waals surface area contributed by atoms with E-state index in [4.69, 9.17) is 13.6 Å². The minimum Gasteiger partial charge on any atom is -0.484 e. The number of carbonyl (C=O) groups is 1. The Morgan fingerprint density at radius 1 is 1.00 bits per heavy atom. The summed E-state index contributed by atoms with van der Waals surface area (Å²) >= 11 is 3.45. The van der Waals surface area contributed by atoms with Gasteiger partial charge < -0.3 is 18.5 Å². The Hall–Kier alpha value is -2.51. The van der Waals surface area contributed by atoms with Crippen LogP contribution in [-0.4, -0.2) is 41.9 Å². The molecule has 1 amide bonds. The van der Waals surface area contributed by atoms with Crippen LogP contribution >= 0.6 is 15.9 Å². The lowest BCUT2D eigenvalue weighted by Crippen LogP contribution is -2.48. The van der Waals surface area contributed by atoms with E-state index >= 15 is 0 Å². The van der Waals surface area contributed by atoms with E-state index in [0.29, 0.717) is 24.6 Å². The molecule has 1 fully saturated rings. The molecule has 0 aliphatic carbocycles. The molecule has 0 spiro atoms. The normalized spacial score (nSPS) is 15.0. The van der Waals surface area contributed by atoms with E-state index in [2.05, 4.69) is 20.8 Å². The highest BCUT2D eigenvalue weighted by Gasteiger charge is 2.24. The van der Waals surface area contributed by atoms with E-state index < -0.39 is 0 Å². The molecule has 0 radical (unpaired) electrons. The molecule has 0 N–H and O–H groups in total. The average Bonchev–Trinajstić information content (AvgIpc) is 3.39. The van der Waals surface area contributed by atoms with Crippen molar-refractivity contribution in [1.82, 2.24) is 9.80 Å². The van der Waals surface area contributed by atoms with E-state index in [1.54, 1.807) is 18.4 Å². The SMILES string of the molecule is O=C(c1ccc(COc2ccccc2Br)o1)N1CCN(Cc2ccco2)CC1. The molecule has 0 bridgehead atoms. The Morgan fingerprint density at radius 3 is 2.57 bits per heavy atom. The van der Waals surface area contributed by atoms with Gasteiger partial charge in [0.1, 0.15) is 23.9 Å². The van der Waals surface area contributed by atoms with Crippen LogP contribution in [-0.2, 0) is 13.2 Å². The third kappa shape index (κ3) is 4.48. The molecule has 1 aliphatic rings. The van der Waals surface area contributed by atoms with Crippen molar-refractivity contribution in [3.8, 4) is 5.75 Å². The Labute approximate surface area is 171 Å².